The van der Waals surface area contributed by atoms with Crippen molar-refractivity contribution in [3.05, 3.63) is 45.4 Å². The van der Waals surface area contributed by atoms with Gasteiger partial charge in [-0.25, -0.2) is 4.98 Å². The first kappa shape index (κ1) is 22.5. The predicted molar refractivity (Wildman–Crippen MR) is 119 cm³/mol. The zero-order valence-electron chi connectivity index (χ0n) is 18.2. The first-order valence-corrected chi connectivity index (χ1v) is 10.4. The molecule has 31 heavy (non-hydrogen) atoms. The van der Waals surface area contributed by atoms with E-state index in [1.54, 1.807) is 12.3 Å². The van der Waals surface area contributed by atoms with Crippen LogP contribution in [0.2, 0.25) is 0 Å². The molecule has 9 heteroatoms. The molecule has 1 amide bonds. The number of carbonyl (C=O) groups is 1. The Morgan fingerprint density at radius 3 is 2.74 bits per heavy atom. The molecule has 1 saturated heterocycles. The highest BCUT2D eigenvalue weighted by Gasteiger charge is 2.23. The number of carbonyl (C=O) groups excluding carboxylic acids is 1. The van der Waals surface area contributed by atoms with Gasteiger partial charge in [-0.3, -0.25) is 14.0 Å². The number of likely N-dealkylation sites (N-methyl/N-ethyl adjacent to an activating group) is 1. The molecular formula is C22H28N6O3. The minimum Gasteiger partial charge on any atom is -0.383 e. The Morgan fingerprint density at radius 1 is 1.35 bits per heavy atom. The van der Waals surface area contributed by atoms with E-state index in [1.165, 1.54) is 17.6 Å². The summed E-state index contributed by atoms with van der Waals surface area (Å²) in [6.07, 6.45) is 3.01. The maximum absolute atomic E-state index is 13.4. The van der Waals surface area contributed by atoms with Crippen molar-refractivity contribution in [1.82, 2.24) is 19.6 Å². The van der Waals surface area contributed by atoms with Gasteiger partial charge in [0, 0.05) is 46.0 Å². The molecule has 3 rings (SSSR count). The van der Waals surface area contributed by atoms with E-state index in [9.17, 15) is 14.9 Å². The number of pyridine rings is 1. The van der Waals surface area contributed by atoms with Crippen LogP contribution in [0, 0.1) is 18.3 Å². The van der Waals surface area contributed by atoms with Crippen LogP contribution in [0.4, 0.5) is 5.82 Å². The molecule has 0 aromatic carbocycles. The highest BCUT2D eigenvalue weighted by molar-refractivity contribution is 6.02. The number of anilines is 1. The van der Waals surface area contributed by atoms with Crippen LogP contribution in [-0.4, -0.2) is 73.2 Å². The fraction of sp³-hybridized carbons (Fsp3) is 0.455. The summed E-state index contributed by atoms with van der Waals surface area (Å²) in [5.41, 5.74) is 1.24. The lowest BCUT2D eigenvalue weighted by molar-refractivity contribution is -0.117. The van der Waals surface area contributed by atoms with E-state index in [2.05, 4.69) is 22.0 Å². The standard InChI is InChI=1S/C22H28N6O3/c1-4-26-9-11-27(12-10-26)20-18(14-17(15-23)21(29)24-7-13-31-3)22(30)28-8-5-6-16(2)19(28)25-20/h5-6,8,14H,4,7,9-13H2,1-3H3,(H,24,29). The van der Waals surface area contributed by atoms with Gasteiger partial charge in [0.05, 0.1) is 12.2 Å². The summed E-state index contributed by atoms with van der Waals surface area (Å²) in [5, 5.41) is 12.2. The van der Waals surface area contributed by atoms with E-state index < -0.39 is 5.91 Å². The minimum absolute atomic E-state index is 0.143. The first-order chi connectivity index (χ1) is 15.0. The summed E-state index contributed by atoms with van der Waals surface area (Å²) in [6, 6.07) is 5.60. The summed E-state index contributed by atoms with van der Waals surface area (Å²) in [7, 11) is 1.53. The zero-order valence-corrected chi connectivity index (χ0v) is 18.2. The summed E-state index contributed by atoms with van der Waals surface area (Å²) in [6.45, 7) is 8.73. The third kappa shape index (κ3) is 4.93. The second kappa shape index (κ2) is 10.2. The SMILES string of the molecule is CCN1CCN(c2nc3c(C)cccn3c(=O)c2C=C(C#N)C(=O)NCCOC)CC1. The van der Waals surface area contributed by atoms with Crippen molar-refractivity contribution < 1.29 is 9.53 Å². The van der Waals surface area contributed by atoms with Crippen molar-refractivity contribution in [3.63, 3.8) is 0 Å². The van der Waals surface area contributed by atoms with Crippen molar-refractivity contribution in [2.45, 2.75) is 13.8 Å². The molecule has 0 aliphatic carbocycles. The van der Waals surface area contributed by atoms with Crippen LogP contribution >= 0.6 is 0 Å². The lowest BCUT2D eigenvalue weighted by atomic mass is 10.1. The molecule has 3 heterocycles. The molecule has 0 unspecified atom stereocenters. The Labute approximate surface area is 181 Å². The third-order valence-corrected chi connectivity index (χ3v) is 5.43. The molecule has 164 valence electrons. The van der Waals surface area contributed by atoms with Gasteiger partial charge in [0.15, 0.2) is 0 Å². The van der Waals surface area contributed by atoms with Gasteiger partial charge >= 0.3 is 0 Å². The van der Waals surface area contributed by atoms with Crippen LogP contribution in [0.5, 0.6) is 0 Å². The molecule has 2 aromatic rings. The summed E-state index contributed by atoms with van der Waals surface area (Å²) < 4.78 is 6.39. The molecule has 0 atom stereocenters. The van der Waals surface area contributed by atoms with E-state index in [0.29, 0.717) is 31.2 Å². The van der Waals surface area contributed by atoms with Gasteiger partial charge in [0.25, 0.3) is 11.5 Å². The van der Waals surface area contributed by atoms with Crippen LogP contribution in [0.3, 0.4) is 0 Å². The normalized spacial score (nSPS) is 15.2. The maximum atomic E-state index is 13.4. The Kier molecular flexibility index (Phi) is 7.39. The number of nitriles is 1. The number of nitrogens with one attached hydrogen (secondary N) is 1. The Morgan fingerprint density at radius 2 is 2.10 bits per heavy atom. The van der Waals surface area contributed by atoms with E-state index in [0.717, 1.165) is 25.2 Å². The van der Waals surface area contributed by atoms with Crippen LogP contribution in [0.25, 0.3) is 11.7 Å². The van der Waals surface area contributed by atoms with Crippen molar-refractivity contribution in [1.29, 1.82) is 5.26 Å². The molecule has 1 aliphatic rings. The molecule has 2 aromatic heterocycles. The van der Waals surface area contributed by atoms with Crippen LogP contribution in [0.1, 0.15) is 18.1 Å². The number of fused-ring (bicyclic) bond motifs is 1. The zero-order chi connectivity index (χ0) is 22.4. The number of methoxy groups -OCH3 is 1. The van der Waals surface area contributed by atoms with Crippen LogP contribution < -0.4 is 15.8 Å². The number of piperazine rings is 1. The van der Waals surface area contributed by atoms with Crippen molar-refractivity contribution in [2.75, 3.05) is 57.9 Å². The maximum Gasteiger partial charge on any atom is 0.267 e. The number of aromatic nitrogens is 2. The number of nitrogens with zero attached hydrogens (tertiary/aromatic N) is 5. The van der Waals surface area contributed by atoms with Gasteiger partial charge in [0.2, 0.25) is 0 Å². The number of hydrogen-bond acceptors (Lipinski definition) is 7. The Balaban J connectivity index is 2.10. The Bertz CT molecular complexity index is 1080. The molecule has 1 fully saturated rings. The molecule has 9 nitrogen and oxygen atoms in total. The number of rotatable bonds is 7. The fourth-order valence-corrected chi connectivity index (χ4v) is 3.60. The predicted octanol–water partition coefficient (Wildman–Crippen LogP) is 0.814. The van der Waals surface area contributed by atoms with Gasteiger partial charge in [-0.1, -0.05) is 13.0 Å². The third-order valence-electron chi connectivity index (χ3n) is 5.43. The van der Waals surface area contributed by atoms with Gasteiger partial charge in [-0.05, 0) is 31.2 Å². The van der Waals surface area contributed by atoms with Gasteiger partial charge in [-0.15, -0.1) is 0 Å². The molecule has 0 radical (unpaired) electrons. The summed E-state index contributed by atoms with van der Waals surface area (Å²) in [4.78, 5) is 35.0. The number of hydrogen-bond donors (Lipinski definition) is 1. The van der Waals surface area contributed by atoms with Crippen LogP contribution in [-0.2, 0) is 9.53 Å². The highest BCUT2D eigenvalue weighted by atomic mass is 16.5. The number of amides is 1. The lowest BCUT2D eigenvalue weighted by Gasteiger charge is -2.35. The molecule has 1 aliphatic heterocycles. The minimum atomic E-state index is -0.546. The van der Waals surface area contributed by atoms with E-state index in [1.807, 2.05) is 19.1 Å². The van der Waals surface area contributed by atoms with Gasteiger partial charge in [-0.2, -0.15) is 5.26 Å². The van der Waals surface area contributed by atoms with Crippen molar-refractivity contribution in [2.24, 2.45) is 0 Å². The summed E-state index contributed by atoms with van der Waals surface area (Å²) in [5.74, 6) is -0.0393. The van der Waals surface area contributed by atoms with Crippen LogP contribution in [0.15, 0.2) is 28.7 Å². The van der Waals surface area contributed by atoms with E-state index in [4.69, 9.17) is 9.72 Å². The number of aryl methyl sites for hydroxylation is 1. The average Bonchev–Trinajstić information content (AvgIpc) is 2.79. The molecule has 0 bridgehead atoms. The molecule has 0 spiro atoms. The first-order valence-electron chi connectivity index (χ1n) is 10.4. The van der Waals surface area contributed by atoms with Gasteiger partial charge in [0.1, 0.15) is 23.1 Å². The quantitative estimate of drug-likeness (QED) is 0.399. The van der Waals surface area contributed by atoms with Gasteiger partial charge < -0.3 is 19.9 Å². The lowest BCUT2D eigenvalue weighted by Crippen LogP contribution is -2.47. The average molecular weight is 425 g/mol. The fourth-order valence-electron chi connectivity index (χ4n) is 3.60. The molecule has 1 N–H and O–H groups in total. The second-order valence-corrected chi connectivity index (χ2v) is 7.38. The van der Waals surface area contributed by atoms with E-state index in [-0.39, 0.29) is 23.2 Å². The smallest absolute Gasteiger partial charge is 0.267 e. The van der Waals surface area contributed by atoms with E-state index >= 15 is 0 Å². The number of ether oxygens (including phenoxy) is 1. The highest BCUT2D eigenvalue weighted by Crippen LogP contribution is 2.21. The van der Waals surface area contributed by atoms with Crippen molar-refractivity contribution in [3.8, 4) is 6.07 Å². The second-order valence-electron chi connectivity index (χ2n) is 7.38. The molecular weight excluding hydrogens is 396 g/mol. The van der Waals surface area contributed by atoms with Crippen molar-refractivity contribution >= 4 is 23.4 Å². The Hall–Kier alpha value is -3.22. The topological polar surface area (TPSA) is 103 Å². The largest absolute Gasteiger partial charge is 0.383 e. The summed E-state index contributed by atoms with van der Waals surface area (Å²) >= 11 is 0. The molecule has 0 saturated carbocycles. The monoisotopic (exact) mass is 424 g/mol.